The third kappa shape index (κ3) is 4.08. The third-order valence-electron chi connectivity index (χ3n) is 3.31. The van der Waals surface area contributed by atoms with Gasteiger partial charge in [0, 0.05) is 25.0 Å². The Hall–Kier alpha value is -2.30. The van der Waals surface area contributed by atoms with E-state index in [1.165, 1.54) is 0 Å². The highest BCUT2D eigenvalue weighted by Crippen LogP contribution is 2.10. The van der Waals surface area contributed by atoms with E-state index in [0.717, 1.165) is 11.5 Å². The second kappa shape index (κ2) is 6.92. The first-order valence-electron chi connectivity index (χ1n) is 7.06. The topological polar surface area (TPSA) is 56.2 Å². The lowest BCUT2D eigenvalue weighted by molar-refractivity contribution is -0.127. The third-order valence-corrected chi connectivity index (χ3v) is 3.31. The first-order valence-corrected chi connectivity index (χ1v) is 7.06. The Balaban J connectivity index is 1.79. The van der Waals surface area contributed by atoms with Crippen molar-refractivity contribution in [1.29, 1.82) is 0 Å². The second-order valence-corrected chi connectivity index (χ2v) is 4.96. The molecule has 2 aromatic rings. The normalized spacial score (nSPS) is 12.0. The standard InChI is InChI=1S/C16H21N3O2/c1-12-11-18-14(3)19(12)10-9-17-16(20)13(2)21-15-7-5-4-6-8-15/h4-8,11,13H,9-10H2,1-3H3,(H,17,20). The summed E-state index contributed by atoms with van der Waals surface area (Å²) in [6, 6.07) is 9.34. The van der Waals surface area contributed by atoms with E-state index >= 15 is 0 Å². The number of carbonyl (C=O) groups is 1. The van der Waals surface area contributed by atoms with Gasteiger partial charge in [0.1, 0.15) is 11.6 Å². The number of benzene rings is 1. The molecule has 0 saturated heterocycles. The summed E-state index contributed by atoms with van der Waals surface area (Å²) in [5.41, 5.74) is 1.09. The highest BCUT2D eigenvalue weighted by atomic mass is 16.5. The Kier molecular flexibility index (Phi) is 4.98. The SMILES string of the molecule is Cc1cnc(C)n1CCNC(=O)C(C)Oc1ccccc1. The van der Waals surface area contributed by atoms with E-state index in [9.17, 15) is 4.79 Å². The number of hydrogen-bond donors (Lipinski definition) is 1. The fourth-order valence-corrected chi connectivity index (χ4v) is 2.11. The van der Waals surface area contributed by atoms with Crippen LogP contribution >= 0.6 is 0 Å². The average molecular weight is 287 g/mol. The van der Waals surface area contributed by atoms with Gasteiger partial charge in [-0.15, -0.1) is 0 Å². The molecule has 0 aliphatic rings. The van der Waals surface area contributed by atoms with E-state index in [1.807, 2.05) is 50.4 Å². The van der Waals surface area contributed by atoms with Crippen molar-refractivity contribution in [3.8, 4) is 5.75 Å². The van der Waals surface area contributed by atoms with Crippen LogP contribution in [0.3, 0.4) is 0 Å². The zero-order valence-corrected chi connectivity index (χ0v) is 12.7. The summed E-state index contributed by atoms with van der Waals surface area (Å²) >= 11 is 0. The maximum Gasteiger partial charge on any atom is 0.260 e. The van der Waals surface area contributed by atoms with Crippen LogP contribution in [0, 0.1) is 13.8 Å². The first kappa shape index (κ1) is 15.1. The molecular weight excluding hydrogens is 266 g/mol. The molecule has 5 nitrogen and oxygen atoms in total. The highest BCUT2D eigenvalue weighted by Gasteiger charge is 2.14. The molecule has 21 heavy (non-hydrogen) atoms. The van der Waals surface area contributed by atoms with Gasteiger partial charge in [-0.25, -0.2) is 4.98 Å². The van der Waals surface area contributed by atoms with E-state index in [4.69, 9.17) is 4.74 Å². The largest absolute Gasteiger partial charge is 0.481 e. The molecule has 2 rings (SSSR count). The number of hydrogen-bond acceptors (Lipinski definition) is 3. The molecule has 1 aromatic carbocycles. The summed E-state index contributed by atoms with van der Waals surface area (Å²) in [5.74, 6) is 1.53. The van der Waals surface area contributed by atoms with Gasteiger partial charge in [-0.1, -0.05) is 18.2 Å². The molecule has 0 radical (unpaired) electrons. The van der Waals surface area contributed by atoms with Gasteiger partial charge in [-0.3, -0.25) is 4.79 Å². The molecule has 1 aromatic heterocycles. The Bertz CT molecular complexity index is 573. The van der Waals surface area contributed by atoms with Gasteiger partial charge in [0.2, 0.25) is 0 Å². The zero-order valence-electron chi connectivity index (χ0n) is 12.7. The van der Waals surface area contributed by atoms with Crippen LogP contribution in [0.15, 0.2) is 36.5 Å². The number of carbonyl (C=O) groups excluding carboxylic acids is 1. The molecule has 1 N–H and O–H groups in total. The van der Waals surface area contributed by atoms with Crippen LogP contribution in [-0.4, -0.2) is 28.1 Å². The second-order valence-electron chi connectivity index (χ2n) is 4.96. The van der Waals surface area contributed by atoms with E-state index in [1.54, 1.807) is 6.92 Å². The molecule has 1 heterocycles. The number of ether oxygens (including phenoxy) is 1. The summed E-state index contributed by atoms with van der Waals surface area (Å²) in [5, 5.41) is 2.88. The Morgan fingerprint density at radius 2 is 2.05 bits per heavy atom. The van der Waals surface area contributed by atoms with E-state index in [2.05, 4.69) is 14.9 Å². The fourth-order valence-electron chi connectivity index (χ4n) is 2.11. The summed E-state index contributed by atoms with van der Waals surface area (Å²) in [6.07, 6.45) is 1.32. The van der Waals surface area contributed by atoms with E-state index in [-0.39, 0.29) is 5.91 Å². The number of imidazole rings is 1. The van der Waals surface area contributed by atoms with Crippen molar-refractivity contribution in [3.63, 3.8) is 0 Å². The van der Waals surface area contributed by atoms with Gasteiger partial charge in [0.05, 0.1) is 0 Å². The zero-order chi connectivity index (χ0) is 15.2. The number of aromatic nitrogens is 2. The van der Waals surface area contributed by atoms with E-state index in [0.29, 0.717) is 18.8 Å². The number of nitrogens with zero attached hydrogens (tertiary/aromatic N) is 2. The minimum Gasteiger partial charge on any atom is -0.481 e. The Labute approximate surface area is 125 Å². The Morgan fingerprint density at radius 3 is 2.67 bits per heavy atom. The first-order chi connectivity index (χ1) is 10.1. The van der Waals surface area contributed by atoms with Crippen LogP contribution < -0.4 is 10.1 Å². The summed E-state index contributed by atoms with van der Waals surface area (Å²) in [7, 11) is 0. The molecule has 0 bridgehead atoms. The van der Waals surface area contributed by atoms with Crippen molar-refractivity contribution in [3.05, 3.63) is 48.0 Å². The van der Waals surface area contributed by atoms with Crippen LogP contribution in [0.1, 0.15) is 18.4 Å². The van der Waals surface area contributed by atoms with Crippen molar-refractivity contribution in [2.24, 2.45) is 0 Å². The maximum absolute atomic E-state index is 12.0. The highest BCUT2D eigenvalue weighted by molar-refractivity contribution is 5.80. The van der Waals surface area contributed by atoms with Gasteiger partial charge in [-0.2, -0.15) is 0 Å². The molecule has 0 fully saturated rings. The van der Waals surface area contributed by atoms with Gasteiger partial charge < -0.3 is 14.6 Å². The van der Waals surface area contributed by atoms with Crippen molar-refractivity contribution in [2.45, 2.75) is 33.4 Å². The molecule has 0 aliphatic carbocycles. The molecule has 1 atom stereocenters. The summed E-state index contributed by atoms with van der Waals surface area (Å²) < 4.78 is 7.65. The quantitative estimate of drug-likeness (QED) is 0.885. The number of rotatable bonds is 6. The van der Waals surface area contributed by atoms with Crippen LogP contribution in [0.2, 0.25) is 0 Å². The number of nitrogens with one attached hydrogen (secondary N) is 1. The van der Waals surface area contributed by atoms with Crippen LogP contribution in [0.5, 0.6) is 5.75 Å². The molecule has 112 valence electrons. The lowest BCUT2D eigenvalue weighted by atomic mass is 10.3. The van der Waals surface area contributed by atoms with Gasteiger partial charge in [0.25, 0.3) is 5.91 Å². The molecular formula is C16H21N3O2. The van der Waals surface area contributed by atoms with Crippen LogP contribution in [-0.2, 0) is 11.3 Å². The molecule has 5 heteroatoms. The van der Waals surface area contributed by atoms with E-state index < -0.39 is 6.10 Å². The van der Waals surface area contributed by atoms with Crippen molar-refractivity contribution in [1.82, 2.24) is 14.9 Å². The minimum atomic E-state index is -0.516. The molecule has 0 saturated carbocycles. The molecule has 1 unspecified atom stereocenters. The van der Waals surface area contributed by atoms with Crippen LogP contribution in [0.25, 0.3) is 0 Å². The maximum atomic E-state index is 12.0. The molecule has 1 amide bonds. The number of aryl methyl sites for hydroxylation is 2. The summed E-state index contributed by atoms with van der Waals surface area (Å²) in [4.78, 5) is 16.2. The van der Waals surface area contributed by atoms with Crippen molar-refractivity contribution < 1.29 is 9.53 Å². The van der Waals surface area contributed by atoms with Gasteiger partial charge >= 0.3 is 0 Å². The monoisotopic (exact) mass is 287 g/mol. The predicted octanol–water partition coefficient (Wildman–Crippen LogP) is 2.08. The lowest BCUT2D eigenvalue weighted by Crippen LogP contribution is -2.38. The molecule has 0 aliphatic heterocycles. The fraction of sp³-hybridized carbons (Fsp3) is 0.375. The predicted molar refractivity (Wildman–Crippen MR) is 81.2 cm³/mol. The minimum absolute atomic E-state index is 0.116. The van der Waals surface area contributed by atoms with Gasteiger partial charge in [-0.05, 0) is 32.9 Å². The number of amides is 1. The smallest absolute Gasteiger partial charge is 0.260 e. The number of para-hydroxylation sites is 1. The lowest BCUT2D eigenvalue weighted by Gasteiger charge is -2.15. The van der Waals surface area contributed by atoms with Crippen molar-refractivity contribution in [2.75, 3.05) is 6.54 Å². The Morgan fingerprint density at radius 1 is 1.33 bits per heavy atom. The van der Waals surface area contributed by atoms with Crippen molar-refractivity contribution >= 4 is 5.91 Å². The molecule has 0 spiro atoms. The average Bonchev–Trinajstić information content (AvgIpc) is 2.80. The van der Waals surface area contributed by atoms with Gasteiger partial charge in [0.15, 0.2) is 6.10 Å². The van der Waals surface area contributed by atoms with Crippen LogP contribution in [0.4, 0.5) is 0 Å². The summed E-state index contributed by atoms with van der Waals surface area (Å²) in [6.45, 7) is 6.97.